The van der Waals surface area contributed by atoms with Crippen molar-refractivity contribution in [3.8, 4) is 5.75 Å². The highest BCUT2D eigenvalue weighted by atomic mass is 32.2. The lowest BCUT2D eigenvalue weighted by Crippen LogP contribution is -2.37. The zero-order chi connectivity index (χ0) is 23.2. The van der Waals surface area contributed by atoms with Gasteiger partial charge in [-0.1, -0.05) is 6.07 Å². The lowest BCUT2D eigenvalue weighted by atomic mass is 10.1. The number of hydrogen-bond donors (Lipinski definition) is 0. The number of sulfone groups is 1. The van der Waals surface area contributed by atoms with Crippen molar-refractivity contribution in [2.24, 2.45) is 0 Å². The zero-order valence-corrected chi connectivity index (χ0v) is 19.3. The van der Waals surface area contributed by atoms with E-state index in [4.69, 9.17) is 9.47 Å². The molecular formula is C23H26N2O6S. The van der Waals surface area contributed by atoms with Crippen LogP contribution in [0, 0.1) is 13.8 Å². The van der Waals surface area contributed by atoms with Gasteiger partial charge in [0.1, 0.15) is 5.75 Å². The van der Waals surface area contributed by atoms with Gasteiger partial charge < -0.3 is 14.4 Å². The molecule has 9 heteroatoms. The molecule has 0 saturated carbocycles. The van der Waals surface area contributed by atoms with Gasteiger partial charge in [-0.3, -0.25) is 4.90 Å². The monoisotopic (exact) mass is 458 g/mol. The first-order chi connectivity index (χ1) is 15.1. The van der Waals surface area contributed by atoms with Crippen molar-refractivity contribution >= 4 is 27.5 Å². The van der Waals surface area contributed by atoms with Crippen LogP contribution in [0.15, 0.2) is 36.4 Å². The maximum Gasteiger partial charge on any atom is 0.337 e. The molecule has 170 valence electrons. The highest BCUT2D eigenvalue weighted by Crippen LogP contribution is 2.37. The maximum absolute atomic E-state index is 13.6. The van der Waals surface area contributed by atoms with Gasteiger partial charge in [0.15, 0.2) is 9.84 Å². The summed E-state index contributed by atoms with van der Waals surface area (Å²) in [7, 11) is -0.493. The normalized spacial score (nSPS) is 21.6. The average Bonchev–Trinajstić information content (AvgIpc) is 3.16. The van der Waals surface area contributed by atoms with Gasteiger partial charge in [-0.05, 0) is 55.3 Å². The molecule has 2 aromatic carbocycles. The Balaban J connectivity index is 1.75. The topological polar surface area (TPSA) is 93.2 Å². The minimum absolute atomic E-state index is 0.0772. The minimum atomic E-state index is -3.30. The SMILES string of the molecule is COC(=O)c1ccc(OC)c(CN2C(=O)N(c3cc(C)cc(C)c3)[C@H]3CS(=O)(=O)C[C@@H]32)c1. The van der Waals surface area contributed by atoms with Crippen LogP contribution in [0.2, 0.25) is 0 Å². The Morgan fingerprint density at radius 1 is 1.03 bits per heavy atom. The van der Waals surface area contributed by atoms with E-state index in [0.717, 1.165) is 11.1 Å². The number of esters is 1. The second kappa shape index (κ2) is 8.12. The molecule has 32 heavy (non-hydrogen) atoms. The van der Waals surface area contributed by atoms with Crippen LogP contribution in [0.25, 0.3) is 0 Å². The van der Waals surface area contributed by atoms with Crippen LogP contribution in [-0.2, 0) is 21.1 Å². The standard InChI is InChI=1S/C23H26N2O6S/c1-14-7-15(2)9-18(8-14)25-20-13-32(28,29)12-19(20)24(23(25)27)11-17-10-16(22(26)31-4)5-6-21(17)30-3/h5-10,19-20H,11-13H2,1-4H3/t19-,20-/m0/s1. The fraction of sp³-hybridized carbons (Fsp3) is 0.391. The molecule has 2 aliphatic rings. The molecule has 0 aromatic heterocycles. The quantitative estimate of drug-likeness (QED) is 0.505. The first-order valence-electron chi connectivity index (χ1n) is 10.3. The third kappa shape index (κ3) is 3.92. The summed E-state index contributed by atoms with van der Waals surface area (Å²) in [6.45, 7) is 4.01. The van der Waals surface area contributed by atoms with Crippen molar-refractivity contribution in [2.75, 3.05) is 30.6 Å². The lowest BCUT2D eigenvalue weighted by Gasteiger charge is -2.24. The van der Waals surface area contributed by atoms with Crippen molar-refractivity contribution in [1.82, 2.24) is 4.90 Å². The first-order valence-corrected chi connectivity index (χ1v) is 12.1. The highest BCUT2D eigenvalue weighted by Gasteiger charge is 2.54. The van der Waals surface area contributed by atoms with E-state index >= 15 is 0 Å². The van der Waals surface area contributed by atoms with E-state index in [9.17, 15) is 18.0 Å². The number of carbonyl (C=O) groups is 2. The van der Waals surface area contributed by atoms with E-state index in [0.29, 0.717) is 22.6 Å². The number of anilines is 1. The molecule has 0 aliphatic carbocycles. The number of amides is 2. The zero-order valence-electron chi connectivity index (χ0n) is 18.5. The molecule has 0 spiro atoms. The first kappa shape index (κ1) is 22.1. The minimum Gasteiger partial charge on any atom is -0.496 e. The molecule has 0 radical (unpaired) electrons. The van der Waals surface area contributed by atoms with E-state index in [1.165, 1.54) is 14.2 Å². The van der Waals surface area contributed by atoms with Gasteiger partial charge in [-0.2, -0.15) is 0 Å². The summed E-state index contributed by atoms with van der Waals surface area (Å²) in [5, 5.41) is 0. The summed E-state index contributed by atoms with van der Waals surface area (Å²) in [5.41, 5.74) is 3.62. The van der Waals surface area contributed by atoms with Crippen LogP contribution in [0.5, 0.6) is 5.75 Å². The van der Waals surface area contributed by atoms with E-state index in [1.807, 2.05) is 32.0 Å². The van der Waals surface area contributed by atoms with E-state index in [1.54, 1.807) is 28.0 Å². The van der Waals surface area contributed by atoms with E-state index in [2.05, 4.69) is 0 Å². The predicted molar refractivity (Wildman–Crippen MR) is 120 cm³/mol. The molecule has 2 atom stereocenters. The number of nitrogens with zero attached hydrogens (tertiary/aromatic N) is 2. The molecule has 2 saturated heterocycles. The highest BCUT2D eigenvalue weighted by molar-refractivity contribution is 7.91. The summed E-state index contributed by atoms with van der Waals surface area (Å²) < 4.78 is 35.3. The van der Waals surface area contributed by atoms with Crippen LogP contribution >= 0.6 is 0 Å². The second-order valence-electron chi connectivity index (χ2n) is 8.36. The third-order valence-corrected chi connectivity index (χ3v) is 7.70. The summed E-state index contributed by atoms with van der Waals surface area (Å²) in [6, 6.07) is 9.44. The Bertz CT molecular complexity index is 1170. The molecular weight excluding hydrogens is 432 g/mol. The maximum atomic E-state index is 13.6. The summed E-state index contributed by atoms with van der Waals surface area (Å²) in [4.78, 5) is 28.7. The number of benzene rings is 2. The van der Waals surface area contributed by atoms with E-state index < -0.39 is 27.9 Å². The number of fused-ring (bicyclic) bond motifs is 1. The molecule has 0 N–H and O–H groups in total. The molecule has 2 fully saturated rings. The van der Waals surface area contributed by atoms with Gasteiger partial charge in [0.25, 0.3) is 0 Å². The van der Waals surface area contributed by atoms with Crippen molar-refractivity contribution in [1.29, 1.82) is 0 Å². The van der Waals surface area contributed by atoms with Gasteiger partial charge >= 0.3 is 12.0 Å². The van der Waals surface area contributed by atoms with Crippen LogP contribution < -0.4 is 9.64 Å². The summed E-state index contributed by atoms with van der Waals surface area (Å²) >= 11 is 0. The second-order valence-corrected chi connectivity index (χ2v) is 10.5. The number of methoxy groups -OCH3 is 2. The van der Waals surface area contributed by atoms with Crippen molar-refractivity contribution in [3.05, 3.63) is 58.7 Å². The fourth-order valence-electron chi connectivity index (χ4n) is 4.68. The van der Waals surface area contributed by atoms with Gasteiger partial charge in [0.2, 0.25) is 0 Å². The van der Waals surface area contributed by atoms with E-state index in [-0.39, 0.29) is 24.1 Å². The molecule has 2 amide bonds. The lowest BCUT2D eigenvalue weighted by molar-refractivity contribution is 0.0600. The van der Waals surface area contributed by atoms with Crippen LogP contribution in [0.4, 0.5) is 10.5 Å². The summed E-state index contributed by atoms with van der Waals surface area (Å²) in [5.74, 6) is -0.164. The molecule has 2 aromatic rings. The Kier molecular flexibility index (Phi) is 5.62. The molecule has 8 nitrogen and oxygen atoms in total. The number of urea groups is 1. The summed E-state index contributed by atoms with van der Waals surface area (Å²) in [6.07, 6.45) is 0. The number of hydrogen-bond acceptors (Lipinski definition) is 6. The fourth-order valence-corrected chi connectivity index (χ4v) is 6.63. The van der Waals surface area contributed by atoms with Crippen LogP contribution in [-0.4, -0.2) is 63.1 Å². The third-order valence-electron chi connectivity index (χ3n) is 6.00. The molecule has 0 bridgehead atoms. The van der Waals surface area contributed by atoms with Gasteiger partial charge in [-0.25, -0.2) is 18.0 Å². The Morgan fingerprint density at radius 3 is 2.31 bits per heavy atom. The number of rotatable bonds is 5. The molecule has 4 rings (SSSR count). The largest absolute Gasteiger partial charge is 0.496 e. The van der Waals surface area contributed by atoms with Gasteiger partial charge in [0, 0.05) is 11.3 Å². The van der Waals surface area contributed by atoms with Crippen LogP contribution in [0.3, 0.4) is 0 Å². The van der Waals surface area contributed by atoms with Crippen molar-refractivity contribution in [3.63, 3.8) is 0 Å². The average molecular weight is 459 g/mol. The Morgan fingerprint density at radius 2 is 1.69 bits per heavy atom. The van der Waals surface area contributed by atoms with Crippen molar-refractivity contribution in [2.45, 2.75) is 32.5 Å². The molecule has 2 aliphatic heterocycles. The number of carbonyl (C=O) groups excluding carboxylic acids is 2. The predicted octanol–water partition coefficient (Wildman–Crippen LogP) is 2.71. The number of ether oxygens (including phenoxy) is 2. The Labute approximate surface area is 187 Å². The Hall–Kier alpha value is -3.07. The van der Waals surface area contributed by atoms with Crippen molar-refractivity contribution < 1.29 is 27.5 Å². The molecule has 2 heterocycles. The molecule has 0 unspecified atom stereocenters. The van der Waals surface area contributed by atoms with Gasteiger partial charge in [-0.15, -0.1) is 0 Å². The smallest absolute Gasteiger partial charge is 0.337 e. The van der Waals surface area contributed by atoms with Gasteiger partial charge in [0.05, 0.1) is 49.9 Å². The number of aryl methyl sites for hydroxylation is 2. The van der Waals surface area contributed by atoms with Crippen LogP contribution in [0.1, 0.15) is 27.0 Å².